The molecule has 0 aromatic heterocycles. The van der Waals surface area contributed by atoms with Crippen LogP contribution in [-0.4, -0.2) is 6.03 Å². The molecule has 0 aliphatic heterocycles. The zero-order valence-electron chi connectivity index (χ0n) is 19.2. The molecule has 0 aliphatic carbocycles. The normalized spacial score (nSPS) is 10.9. The van der Waals surface area contributed by atoms with Crippen LogP contribution in [0.3, 0.4) is 0 Å². The van der Waals surface area contributed by atoms with Crippen molar-refractivity contribution in [3.63, 3.8) is 0 Å². The Morgan fingerprint density at radius 2 is 1.59 bits per heavy atom. The van der Waals surface area contributed by atoms with Gasteiger partial charge in [-0.1, -0.05) is 85.6 Å². The highest BCUT2D eigenvalue weighted by Gasteiger charge is 2.22. The number of carbonyl (C=O) groups excluding carboxylic acids is 1. The SMILES string of the molecule is CCc1c(N)cc(Cl)c(CC)c1NC(=O)N(Cc1ccc(Cl)cc1)c1cccc2ccccc12. The van der Waals surface area contributed by atoms with Gasteiger partial charge in [-0.3, -0.25) is 4.90 Å². The number of amides is 2. The molecule has 6 heteroatoms. The second-order valence-electron chi connectivity index (χ2n) is 8.13. The molecule has 0 aliphatic rings. The first-order valence-corrected chi connectivity index (χ1v) is 12.1. The van der Waals surface area contributed by atoms with Crippen LogP contribution in [0.25, 0.3) is 10.8 Å². The molecule has 34 heavy (non-hydrogen) atoms. The molecule has 0 spiro atoms. The minimum absolute atomic E-state index is 0.252. The van der Waals surface area contributed by atoms with Crippen molar-refractivity contribution in [1.29, 1.82) is 0 Å². The van der Waals surface area contributed by atoms with Crippen molar-refractivity contribution < 1.29 is 4.79 Å². The van der Waals surface area contributed by atoms with Crippen molar-refractivity contribution in [1.82, 2.24) is 0 Å². The summed E-state index contributed by atoms with van der Waals surface area (Å²) in [7, 11) is 0. The Labute approximate surface area is 210 Å². The Morgan fingerprint density at radius 1 is 0.912 bits per heavy atom. The molecule has 3 N–H and O–H groups in total. The van der Waals surface area contributed by atoms with Gasteiger partial charge in [-0.15, -0.1) is 0 Å². The summed E-state index contributed by atoms with van der Waals surface area (Å²) in [6.07, 6.45) is 1.35. The molecular formula is C28H27Cl2N3O. The standard InChI is InChI=1S/C28H27Cl2N3O/c1-3-21-24(30)16-25(31)22(4-2)27(21)32-28(34)33(17-18-12-14-20(29)15-13-18)26-11-7-9-19-8-5-6-10-23(19)26/h5-16H,3-4,17,31H2,1-2H3,(H,32,34). The maximum atomic E-state index is 13.9. The average Bonchev–Trinajstić information content (AvgIpc) is 2.83. The summed E-state index contributed by atoms with van der Waals surface area (Å²) in [5.74, 6) is 0. The molecule has 0 heterocycles. The first kappa shape index (κ1) is 23.9. The number of halogens is 2. The van der Waals surface area contributed by atoms with E-state index in [9.17, 15) is 4.79 Å². The molecule has 2 amide bonds. The lowest BCUT2D eigenvalue weighted by molar-refractivity contribution is 0.256. The van der Waals surface area contributed by atoms with Crippen molar-refractivity contribution in [3.8, 4) is 0 Å². The van der Waals surface area contributed by atoms with Gasteiger partial charge in [0.05, 0.1) is 17.9 Å². The second kappa shape index (κ2) is 10.4. The number of nitrogens with two attached hydrogens (primary N) is 1. The van der Waals surface area contributed by atoms with Crippen LogP contribution in [0, 0.1) is 0 Å². The van der Waals surface area contributed by atoms with Gasteiger partial charge in [0.2, 0.25) is 0 Å². The minimum Gasteiger partial charge on any atom is -0.398 e. The summed E-state index contributed by atoms with van der Waals surface area (Å²) in [6.45, 7) is 4.41. The third-order valence-electron chi connectivity index (χ3n) is 6.02. The van der Waals surface area contributed by atoms with Crippen molar-refractivity contribution in [2.75, 3.05) is 16.0 Å². The fourth-order valence-corrected chi connectivity index (χ4v) is 4.76. The summed E-state index contributed by atoms with van der Waals surface area (Å²) in [6, 6.07) is 23.0. The molecule has 4 rings (SSSR count). The zero-order chi connectivity index (χ0) is 24.2. The van der Waals surface area contributed by atoms with Crippen molar-refractivity contribution in [2.24, 2.45) is 0 Å². The molecule has 0 unspecified atom stereocenters. The van der Waals surface area contributed by atoms with Gasteiger partial charge in [0.15, 0.2) is 0 Å². The van der Waals surface area contributed by atoms with E-state index in [2.05, 4.69) is 5.32 Å². The highest BCUT2D eigenvalue weighted by molar-refractivity contribution is 6.32. The Morgan fingerprint density at radius 3 is 2.29 bits per heavy atom. The van der Waals surface area contributed by atoms with Gasteiger partial charge in [0.25, 0.3) is 0 Å². The van der Waals surface area contributed by atoms with Gasteiger partial charge in [-0.25, -0.2) is 4.79 Å². The van der Waals surface area contributed by atoms with Crippen LogP contribution >= 0.6 is 23.2 Å². The highest BCUT2D eigenvalue weighted by Crippen LogP contribution is 2.35. The van der Waals surface area contributed by atoms with E-state index in [0.717, 1.165) is 33.2 Å². The third-order valence-corrected chi connectivity index (χ3v) is 6.61. The Balaban J connectivity index is 1.81. The Bertz CT molecular complexity index is 1300. The number of nitrogens with zero attached hydrogens (tertiary/aromatic N) is 1. The van der Waals surface area contributed by atoms with Gasteiger partial charge in [-0.2, -0.15) is 0 Å². The summed E-state index contributed by atoms with van der Waals surface area (Å²) in [5, 5.41) is 6.42. The third kappa shape index (κ3) is 4.84. The summed E-state index contributed by atoms with van der Waals surface area (Å²) < 4.78 is 0. The molecule has 0 radical (unpaired) electrons. The Kier molecular flexibility index (Phi) is 7.30. The maximum absolute atomic E-state index is 13.9. The van der Waals surface area contributed by atoms with Crippen molar-refractivity contribution in [3.05, 3.63) is 99.5 Å². The number of fused-ring (bicyclic) bond motifs is 1. The van der Waals surface area contributed by atoms with Crippen LogP contribution in [0.4, 0.5) is 21.9 Å². The quantitative estimate of drug-likeness (QED) is 0.267. The second-order valence-corrected chi connectivity index (χ2v) is 8.97. The van der Waals surface area contributed by atoms with Crippen LogP contribution in [0.5, 0.6) is 0 Å². The van der Waals surface area contributed by atoms with Crippen LogP contribution in [-0.2, 0) is 19.4 Å². The predicted octanol–water partition coefficient (Wildman–Crippen LogP) is 8.09. The van der Waals surface area contributed by atoms with E-state index < -0.39 is 0 Å². The zero-order valence-corrected chi connectivity index (χ0v) is 20.8. The van der Waals surface area contributed by atoms with E-state index in [1.54, 1.807) is 11.0 Å². The lowest BCUT2D eigenvalue weighted by Crippen LogP contribution is -2.35. The molecule has 4 aromatic rings. The lowest BCUT2D eigenvalue weighted by Gasteiger charge is -2.27. The van der Waals surface area contributed by atoms with Gasteiger partial charge in [-0.05, 0) is 59.2 Å². The van der Waals surface area contributed by atoms with E-state index in [4.69, 9.17) is 28.9 Å². The van der Waals surface area contributed by atoms with Gasteiger partial charge < -0.3 is 11.1 Å². The minimum atomic E-state index is -0.252. The highest BCUT2D eigenvalue weighted by atomic mass is 35.5. The number of nitrogens with one attached hydrogen (secondary N) is 1. The van der Waals surface area contributed by atoms with Crippen LogP contribution in [0.15, 0.2) is 72.8 Å². The number of benzene rings is 4. The van der Waals surface area contributed by atoms with Gasteiger partial charge in [0.1, 0.15) is 0 Å². The van der Waals surface area contributed by atoms with Gasteiger partial charge in [0, 0.05) is 21.1 Å². The summed E-state index contributed by atoms with van der Waals surface area (Å²) in [5.41, 5.74) is 11.1. The van der Waals surface area contributed by atoms with E-state index in [0.29, 0.717) is 40.8 Å². The molecule has 0 saturated carbocycles. The Hall–Kier alpha value is -3.21. The number of hydrogen-bond acceptors (Lipinski definition) is 2. The lowest BCUT2D eigenvalue weighted by atomic mass is 10.0. The van der Waals surface area contributed by atoms with Crippen molar-refractivity contribution in [2.45, 2.75) is 33.2 Å². The molecule has 174 valence electrons. The van der Waals surface area contributed by atoms with Crippen molar-refractivity contribution >= 4 is 57.1 Å². The number of hydrogen-bond donors (Lipinski definition) is 2. The monoisotopic (exact) mass is 491 g/mol. The van der Waals surface area contributed by atoms with Crippen LogP contribution in [0.1, 0.15) is 30.5 Å². The topological polar surface area (TPSA) is 58.4 Å². The molecule has 4 aromatic carbocycles. The predicted molar refractivity (Wildman–Crippen MR) is 145 cm³/mol. The first-order valence-electron chi connectivity index (χ1n) is 11.3. The molecular weight excluding hydrogens is 465 g/mol. The summed E-state index contributed by atoms with van der Waals surface area (Å²) in [4.78, 5) is 15.6. The fraction of sp³-hybridized carbons (Fsp3) is 0.179. The molecule has 0 saturated heterocycles. The number of carbonyl (C=O) groups is 1. The largest absolute Gasteiger partial charge is 0.398 e. The number of nitrogen functional groups attached to an aromatic ring is 1. The molecule has 0 fully saturated rings. The summed E-state index contributed by atoms with van der Waals surface area (Å²) >= 11 is 12.6. The van der Waals surface area contributed by atoms with Crippen LogP contribution < -0.4 is 16.0 Å². The van der Waals surface area contributed by atoms with E-state index >= 15 is 0 Å². The maximum Gasteiger partial charge on any atom is 0.326 e. The number of rotatable bonds is 6. The van der Waals surface area contributed by atoms with Crippen LogP contribution in [0.2, 0.25) is 10.0 Å². The first-order chi connectivity index (χ1) is 16.4. The average molecular weight is 492 g/mol. The number of urea groups is 1. The smallest absolute Gasteiger partial charge is 0.326 e. The molecule has 0 bridgehead atoms. The van der Waals surface area contributed by atoms with E-state index in [1.807, 2.05) is 80.6 Å². The fourth-order valence-electron chi connectivity index (χ4n) is 4.29. The van der Waals surface area contributed by atoms with Gasteiger partial charge >= 0.3 is 6.03 Å². The van der Waals surface area contributed by atoms with E-state index in [-0.39, 0.29) is 6.03 Å². The molecule has 4 nitrogen and oxygen atoms in total. The van der Waals surface area contributed by atoms with E-state index in [1.165, 1.54) is 0 Å². The number of anilines is 3. The molecule has 0 atom stereocenters.